The van der Waals surface area contributed by atoms with Crippen LogP contribution in [0.1, 0.15) is 43.0 Å². The van der Waals surface area contributed by atoms with Crippen LogP contribution in [0.5, 0.6) is 5.88 Å². The van der Waals surface area contributed by atoms with E-state index in [9.17, 15) is 0 Å². The van der Waals surface area contributed by atoms with Gasteiger partial charge < -0.3 is 15.4 Å². The van der Waals surface area contributed by atoms with Crippen molar-refractivity contribution in [3.63, 3.8) is 0 Å². The molecule has 1 aliphatic rings. The Morgan fingerprint density at radius 3 is 2.77 bits per heavy atom. The Hall–Kier alpha value is -1.35. The normalized spacial score (nSPS) is 14.7. The number of guanidine groups is 1. The van der Waals surface area contributed by atoms with E-state index in [1.54, 1.807) is 11.3 Å². The third-order valence-corrected chi connectivity index (χ3v) is 5.04. The van der Waals surface area contributed by atoms with E-state index in [1.165, 1.54) is 17.7 Å². The molecule has 1 saturated carbocycles. The third-order valence-electron chi connectivity index (χ3n) is 4.16. The molecule has 142 valence electrons. The molecule has 7 heteroatoms. The Labute approximate surface area is 176 Å². The molecule has 0 radical (unpaired) electrons. The highest BCUT2D eigenvalue weighted by atomic mass is 127. The molecule has 0 aliphatic heterocycles. The SMILES string of the molecule is CCNC(=NCc1ccc(OC2CCCC2)nc1)NCc1cccs1.I. The number of rotatable bonds is 7. The summed E-state index contributed by atoms with van der Waals surface area (Å²) in [6.07, 6.45) is 7.03. The lowest BCUT2D eigenvalue weighted by atomic mass is 10.3. The van der Waals surface area contributed by atoms with Gasteiger partial charge in [0, 0.05) is 23.7 Å². The van der Waals surface area contributed by atoms with Gasteiger partial charge in [-0.1, -0.05) is 12.1 Å². The molecule has 5 nitrogen and oxygen atoms in total. The first-order valence-corrected chi connectivity index (χ1v) is 9.87. The maximum atomic E-state index is 5.90. The van der Waals surface area contributed by atoms with Gasteiger partial charge in [-0.25, -0.2) is 9.98 Å². The summed E-state index contributed by atoms with van der Waals surface area (Å²) < 4.78 is 5.90. The van der Waals surface area contributed by atoms with E-state index < -0.39 is 0 Å². The second-order valence-electron chi connectivity index (χ2n) is 6.16. The first-order chi connectivity index (χ1) is 12.3. The van der Waals surface area contributed by atoms with Crippen LogP contribution in [-0.2, 0) is 13.1 Å². The van der Waals surface area contributed by atoms with Gasteiger partial charge >= 0.3 is 0 Å². The average Bonchev–Trinajstić information content (AvgIpc) is 3.32. The van der Waals surface area contributed by atoms with Crippen LogP contribution in [0.25, 0.3) is 0 Å². The van der Waals surface area contributed by atoms with Crippen molar-refractivity contribution >= 4 is 41.3 Å². The Balaban J connectivity index is 0.00000243. The van der Waals surface area contributed by atoms with Gasteiger partial charge in [0.2, 0.25) is 5.88 Å². The van der Waals surface area contributed by atoms with E-state index in [4.69, 9.17) is 4.74 Å². The molecule has 0 bridgehead atoms. The molecular formula is C19H27IN4OS. The standard InChI is InChI=1S/C19H26N4OS.HI/c1-2-20-19(23-14-17-8-5-11-25-17)22-13-15-9-10-18(21-12-15)24-16-6-3-4-7-16;/h5,8-12,16H,2-4,6-7,13-14H2,1H3,(H2,20,22,23);1H. The second-order valence-corrected chi connectivity index (χ2v) is 7.19. The molecule has 26 heavy (non-hydrogen) atoms. The zero-order chi connectivity index (χ0) is 17.3. The molecule has 1 aliphatic carbocycles. The highest BCUT2D eigenvalue weighted by molar-refractivity contribution is 14.0. The van der Waals surface area contributed by atoms with Crippen molar-refractivity contribution in [1.29, 1.82) is 0 Å². The first-order valence-electron chi connectivity index (χ1n) is 8.99. The summed E-state index contributed by atoms with van der Waals surface area (Å²) in [6, 6.07) is 8.18. The summed E-state index contributed by atoms with van der Waals surface area (Å²) in [5.41, 5.74) is 1.08. The zero-order valence-corrected chi connectivity index (χ0v) is 18.3. The van der Waals surface area contributed by atoms with Gasteiger partial charge in [-0.2, -0.15) is 0 Å². The summed E-state index contributed by atoms with van der Waals surface area (Å²) >= 11 is 1.74. The smallest absolute Gasteiger partial charge is 0.213 e. The zero-order valence-electron chi connectivity index (χ0n) is 15.1. The summed E-state index contributed by atoms with van der Waals surface area (Å²) in [6.45, 7) is 4.29. The highest BCUT2D eigenvalue weighted by Crippen LogP contribution is 2.22. The van der Waals surface area contributed by atoms with Crippen molar-refractivity contribution in [2.24, 2.45) is 4.99 Å². The predicted molar refractivity (Wildman–Crippen MR) is 119 cm³/mol. The number of hydrogen-bond donors (Lipinski definition) is 2. The largest absolute Gasteiger partial charge is 0.474 e. The number of nitrogens with one attached hydrogen (secondary N) is 2. The number of aromatic nitrogens is 1. The fraction of sp³-hybridized carbons (Fsp3) is 0.474. The molecule has 0 spiro atoms. The lowest BCUT2D eigenvalue weighted by Gasteiger charge is -2.12. The minimum absolute atomic E-state index is 0. The maximum absolute atomic E-state index is 5.90. The molecular weight excluding hydrogens is 459 g/mol. The average molecular weight is 486 g/mol. The van der Waals surface area contributed by atoms with Crippen LogP contribution in [0.4, 0.5) is 0 Å². The molecule has 3 rings (SSSR count). The molecule has 1 fully saturated rings. The fourth-order valence-electron chi connectivity index (χ4n) is 2.85. The number of ether oxygens (including phenoxy) is 1. The lowest BCUT2D eigenvalue weighted by molar-refractivity contribution is 0.201. The van der Waals surface area contributed by atoms with Crippen LogP contribution in [0.2, 0.25) is 0 Å². The summed E-state index contributed by atoms with van der Waals surface area (Å²) in [4.78, 5) is 10.3. The topological polar surface area (TPSA) is 58.5 Å². The number of thiophene rings is 1. The van der Waals surface area contributed by atoms with E-state index in [0.29, 0.717) is 12.6 Å². The van der Waals surface area contributed by atoms with Crippen LogP contribution < -0.4 is 15.4 Å². The molecule has 0 aromatic carbocycles. The molecule has 2 aromatic heterocycles. The molecule has 0 unspecified atom stereocenters. The number of aliphatic imine (C=N–C) groups is 1. The van der Waals surface area contributed by atoms with Crippen molar-refractivity contribution in [2.45, 2.75) is 51.8 Å². The van der Waals surface area contributed by atoms with Crippen LogP contribution in [-0.4, -0.2) is 23.6 Å². The van der Waals surface area contributed by atoms with Crippen LogP contribution in [0.15, 0.2) is 40.8 Å². The Bertz CT molecular complexity index is 655. The second kappa shape index (κ2) is 11.4. The van der Waals surface area contributed by atoms with Crippen molar-refractivity contribution in [3.05, 3.63) is 46.3 Å². The van der Waals surface area contributed by atoms with Crippen molar-refractivity contribution in [3.8, 4) is 5.88 Å². The fourth-order valence-corrected chi connectivity index (χ4v) is 3.49. The molecule has 0 amide bonds. The first kappa shape index (κ1) is 21.0. The summed E-state index contributed by atoms with van der Waals surface area (Å²) in [7, 11) is 0. The number of halogens is 1. The van der Waals surface area contributed by atoms with Gasteiger partial charge in [0.15, 0.2) is 5.96 Å². The van der Waals surface area contributed by atoms with E-state index in [2.05, 4.69) is 45.0 Å². The van der Waals surface area contributed by atoms with Gasteiger partial charge in [0.25, 0.3) is 0 Å². The van der Waals surface area contributed by atoms with E-state index >= 15 is 0 Å². The summed E-state index contributed by atoms with van der Waals surface area (Å²) in [5.74, 6) is 1.55. The van der Waals surface area contributed by atoms with Crippen LogP contribution in [0.3, 0.4) is 0 Å². The molecule has 2 aromatic rings. The Morgan fingerprint density at radius 2 is 2.12 bits per heavy atom. The molecule has 0 atom stereocenters. The Kier molecular flexibility index (Phi) is 9.17. The molecule has 0 saturated heterocycles. The van der Waals surface area contributed by atoms with Gasteiger partial charge in [-0.15, -0.1) is 35.3 Å². The van der Waals surface area contributed by atoms with Crippen LogP contribution in [0, 0.1) is 0 Å². The van der Waals surface area contributed by atoms with Crippen LogP contribution >= 0.6 is 35.3 Å². The van der Waals surface area contributed by atoms with Gasteiger partial charge in [-0.3, -0.25) is 0 Å². The van der Waals surface area contributed by atoms with E-state index in [1.807, 2.05) is 18.3 Å². The van der Waals surface area contributed by atoms with Gasteiger partial charge in [0.1, 0.15) is 6.10 Å². The van der Waals surface area contributed by atoms with Gasteiger partial charge in [-0.05, 0) is 49.6 Å². The maximum Gasteiger partial charge on any atom is 0.213 e. The minimum atomic E-state index is 0. The third kappa shape index (κ3) is 6.75. The molecule has 2 N–H and O–H groups in total. The number of nitrogens with zero attached hydrogens (tertiary/aromatic N) is 2. The number of hydrogen-bond acceptors (Lipinski definition) is 4. The van der Waals surface area contributed by atoms with Gasteiger partial charge in [0.05, 0.1) is 13.1 Å². The quantitative estimate of drug-likeness (QED) is 0.348. The van der Waals surface area contributed by atoms with Crippen molar-refractivity contribution in [2.75, 3.05) is 6.54 Å². The lowest BCUT2D eigenvalue weighted by Crippen LogP contribution is -2.36. The monoisotopic (exact) mass is 486 g/mol. The summed E-state index contributed by atoms with van der Waals surface area (Å²) in [5, 5.41) is 8.72. The van der Waals surface area contributed by atoms with E-state index in [0.717, 1.165) is 43.3 Å². The number of pyridine rings is 1. The van der Waals surface area contributed by atoms with Crippen molar-refractivity contribution < 1.29 is 4.74 Å². The minimum Gasteiger partial charge on any atom is -0.474 e. The highest BCUT2D eigenvalue weighted by Gasteiger charge is 2.16. The van der Waals surface area contributed by atoms with Crippen molar-refractivity contribution in [1.82, 2.24) is 15.6 Å². The predicted octanol–water partition coefficient (Wildman–Crippen LogP) is 4.34. The molecule has 2 heterocycles. The van der Waals surface area contributed by atoms with E-state index in [-0.39, 0.29) is 24.0 Å². The Morgan fingerprint density at radius 1 is 1.27 bits per heavy atom.